The predicted molar refractivity (Wildman–Crippen MR) is 81.4 cm³/mol. The van der Waals surface area contributed by atoms with E-state index in [1.165, 1.54) is 11.3 Å². The maximum Gasteiger partial charge on any atom is 0.417 e. The van der Waals surface area contributed by atoms with Crippen molar-refractivity contribution < 1.29 is 17.6 Å². The number of hydrogen-bond acceptors (Lipinski definition) is 6. The van der Waals surface area contributed by atoms with E-state index < -0.39 is 11.7 Å². The Morgan fingerprint density at radius 2 is 2.13 bits per heavy atom. The molecule has 3 heterocycles. The minimum atomic E-state index is -4.47. The lowest BCUT2D eigenvalue weighted by Crippen LogP contribution is -2.05. The van der Waals surface area contributed by atoms with Crippen LogP contribution in [0.2, 0.25) is 5.02 Å². The first-order valence-corrected chi connectivity index (χ1v) is 8.39. The molecule has 3 aromatic heterocycles. The van der Waals surface area contributed by atoms with Crippen LogP contribution in [0.5, 0.6) is 0 Å². The lowest BCUT2D eigenvalue weighted by atomic mass is 10.3. The summed E-state index contributed by atoms with van der Waals surface area (Å²) in [6, 6.07) is 4.57. The summed E-state index contributed by atoms with van der Waals surface area (Å²) >= 11 is 8.43. The first kappa shape index (κ1) is 16.3. The Balaban J connectivity index is 1.69. The van der Waals surface area contributed by atoms with Gasteiger partial charge in [0.25, 0.3) is 5.89 Å². The number of halogens is 4. The van der Waals surface area contributed by atoms with E-state index in [9.17, 15) is 13.2 Å². The Hall–Kier alpha value is -1.58. The molecule has 3 rings (SSSR count). The Morgan fingerprint density at radius 1 is 1.30 bits per heavy atom. The molecule has 0 unspecified atom stereocenters. The first-order valence-electron chi connectivity index (χ1n) is 6.15. The quantitative estimate of drug-likeness (QED) is 0.588. The molecule has 10 heteroatoms. The van der Waals surface area contributed by atoms with Crippen LogP contribution in [0.4, 0.5) is 13.2 Å². The number of alkyl halides is 3. The number of nitrogens with zero attached hydrogens (tertiary/aromatic N) is 3. The summed E-state index contributed by atoms with van der Waals surface area (Å²) in [6.07, 6.45) is -3.72. The van der Waals surface area contributed by atoms with Gasteiger partial charge in [0, 0.05) is 6.20 Å². The van der Waals surface area contributed by atoms with Crippen molar-refractivity contribution in [3.8, 4) is 10.8 Å². The van der Waals surface area contributed by atoms with Gasteiger partial charge in [-0.05, 0) is 17.5 Å². The fourth-order valence-electron chi connectivity index (χ4n) is 1.63. The molecule has 0 aliphatic heterocycles. The SMILES string of the molecule is FC(F)(F)c1cnc(SCc2nnc(-c3cccs3)o2)c(Cl)c1. The smallest absolute Gasteiger partial charge is 0.417 e. The van der Waals surface area contributed by atoms with Gasteiger partial charge >= 0.3 is 6.18 Å². The van der Waals surface area contributed by atoms with Gasteiger partial charge in [-0.2, -0.15) is 13.2 Å². The number of pyridine rings is 1. The van der Waals surface area contributed by atoms with Crippen LogP contribution < -0.4 is 0 Å². The molecule has 0 N–H and O–H groups in total. The first-order chi connectivity index (χ1) is 10.9. The Bertz CT molecular complexity index is 805. The maximum absolute atomic E-state index is 12.5. The third-order valence-corrected chi connectivity index (χ3v) is 4.91. The zero-order valence-electron chi connectivity index (χ0n) is 11.2. The van der Waals surface area contributed by atoms with Crippen molar-refractivity contribution in [1.29, 1.82) is 0 Å². The molecule has 0 atom stereocenters. The van der Waals surface area contributed by atoms with Gasteiger partial charge in [0.15, 0.2) is 0 Å². The van der Waals surface area contributed by atoms with E-state index in [1.807, 2.05) is 17.5 Å². The minimum absolute atomic E-state index is 0.0668. The van der Waals surface area contributed by atoms with E-state index >= 15 is 0 Å². The number of rotatable bonds is 4. The molecule has 3 aromatic rings. The molecule has 0 aliphatic rings. The summed E-state index contributed by atoms with van der Waals surface area (Å²) in [6.45, 7) is 0. The maximum atomic E-state index is 12.5. The summed E-state index contributed by atoms with van der Waals surface area (Å²) < 4.78 is 43.1. The zero-order chi connectivity index (χ0) is 16.4. The second-order valence-corrected chi connectivity index (χ2v) is 6.59. The minimum Gasteiger partial charge on any atom is -0.419 e. The van der Waals surface area contributed by atoms with Crippen molar-refractivity contribution in [2.45, 2.75) is 17.0 Å². The monoisotopic (exact) mass is 377 g/mol. The van der Waals surface area contributed by atoms with Crippen molar-refractivity contribution in [3.63, 3.8) is 0 Å². The van der Waals surface area contributed by atoms with Gasteiger partial charge in [-0.1, -0.05) is 29.4 Å². The highest BCUT2D eigenvalue weighted by atomic mass is 35.5. The molecule has 0 saturated heterocycles. The highest BCUT2D eigenvalue weighted by molar-refractivity contribution is 7.98. The number of hydrogen-bond donors (Lipinski definition) is 0. The van der Waals surface area contributed by atoms with E-state index in [4.69, 9.17) is 16.0 Å². The van der Waals surface area contributed by atoms with Crippen LogP contribution >= 0.6 is 34.7 Å². The van der Waals surface area contributed by atoms with Gasteiger partial charge in [0.1, 0.15) is 5.03 Å². The van der Waals surface area contributed by atoms with Gasteiger partial charge in [-0.25, -0.2) is 4.98 Å². The topological polar surface area (TPSA) is 51.8 Å². The Morgan fingerprint density at radius 3 is 2.78 bits per heavy atom. The molecule has 4 nitrogen and oxygen atoms in total. The number of aromatic nitrogens is 3. The lowest BCUT2D eigenvalue weighted by Gasteiger charge is -2.08. The van der Waals surface area contributed by atoms with Crippen LogP contribution in [0.3, 0.4) is 0 Å². The van der Waals surface area contributed by atoms with Crippen molar-refractivity contribution in [2.24, 2.45) is 0 Å². The van der Waals surface area contributed by atoms with E-state index in [1.54, 1.807) is 0 Å². The van der Waals surface area contributed by atoms with Crippen LogP contribution in [0.1, 0.15) is 11.5 Å². The summed E-state index contributed by atoms with van der Waals surface area (Å²) in [5.41, 5.74) is -0.885. The zero-order valence-corrected chi connectivity index (χ0v) is 13.6. The standard InChI is InChI=1S/C13H7ClF3N3OS2/c14-8-4-7(13(15,16)17)5-18-12(8)23-6-10-19-20-11(21-10)9-2-1-3-22-9/h1-5H,6H2. The lowest BCUT2D eigenvalue weighted by molar-refractivity contribution is -0.137. The normalized spacial score (nSPS) is 11.8. The second kappa shape index (κ2) is 6.50. The van der Waals surface area contributed by atoms with Crippen molar-refractivity contribution >= 4 is 34.7 Å². The van der Waals surface area contributed by atoms with Crippen LogP contribution in [0, 0.1) is 0 Å². The van der Waals surface area contributed by atoms with Crippen molar-refractivity contribution in [2.75, 3.05) is 0 Å². The fraction of sp³-hybridized carbons (Fsp3) is 0.154. The van der Waals surface area contributed by atoms with Crippen LogP contribution in [-0.2, 0) is 11.9 Å². The molecule has 0 amide bonds. The third-order valence-electron chi connectivity index (χ3n) is 2.67. The van der Waals surface area contributed by atoms with Crippen molar-refractivity contribution in [3.05, 3.63) is 46.3 Å². The highest BCUT2D eigenvalue weighted by Gasteiger charge is 2.31. The summed E-state index contributed by atoms with van der Waals surface area (Å²) in [5.74, 6) is 1.01. The predicted octanol–water partition coefficient (Wildman–Crippen LogP) is 5.16. The van der Waals surface area contributed by atoms with E-state index in [0.717, 1.165) is 28.9 Å². The van der Waals surface area contributed by atoms with Gasteiger partial charge < -0.3 is 4.42 Å². The highest BCUT2D eigenvalue weighted by Crippen LogP contribution is 2.34. The molecule has 0 bridgehead atoms. The van der Waals surface area contributed by atoms with Crippen LogP contribution in [-0.4, -0.2) is 15.2 Å². The molecule has 23 heavy (non-hydrogen) atoms. The average molecular weight is 378 g/mol. The fourth-order valence-corrected chi connectivity index (χ4v) is 3.30. The summed E-state index contributed by atoms with van der Waals surface area (Å²) in [4.78, 5) is 4.59. The number of thiophene rings is 1. The largest absolute Gasteiger partial charge is 0.419 e. The average Bonchev–Trinajstić information content (AvgIpc) is 3.16. The van der Waals surface area contributed by atoms with Gasteiger partial charge in [0.2, 0.25) is 5.89 Å². The van der Waals surface area contributed by atoms with Crippen LogP contribution in [0.25, 0.3) is 10.8 Å². The van der Waals surface area contributed by atoms with Crippen molar-refractivity contribution in [1.82, 2.24) is 15.2 Å². The van der Waals surface area contributed by atoms with E-state index in [-0.39, 0.29) is 15.8 Å². The molecular formula is C13H7ClF3N3OS2. The molecule has 0 spiro atoms. The molecule has 120 valence electrons. The molecule has 0 aliphatic carbocycles. The second-order valence-electron chi connectivity index (χ2n) is 4.28. The molecule has 0 saturated carbocycles. The van der Waals surface area contributed by atoms with Crippen LogP contribution in [0.15, 0.2) is 39.2 Å². The molecular weight excluding hydrogens is 371 g/mol. The van der Waals surface area contributed by atoms with Gasteiger partial charge in [0.05, 0.1) is 21.2 Å². The van der Waals surface area contributed by atoms with E-state index in [0.29, 0.717) is 11.8 Å². The molecule has 0 fully saturated rings. The number of thioether (sulfide) groups is 1. The Labute approximate surface area is 141 Å². The third kappa shape index (κ3) is 3.85. The Kier molecular flexibility index (Phi) is 4.60. The van der Waals surface area contributed by atoms with E-state index in [2.05, 4.69) is 15.2 Å². The summed E-state index contributed by atoms with van der Waals surface area (Å²) in [7, 11) is 0. The molecule has 0 aromatic carbocycles. The van der Waals surface area contributed by atoms with Gasteiger partial charge in [-0.15, -0.1) is 21.5 Å². The summed E-state index contributed by atoms with van der Waals surface area (Å²) in [5, 5.41) is 9.91. The molecule has 0 radical (unpaired) electrons. The van der Waals surface area contributed by atoms with Gasteiger partial charge in [-0.3, -0.25) is 0 Å².